The highest BCUT2D eigenvalue weighted by molar-refractivity contribution is 5.92. The zero-order valence-corrected chi connectivity index (χ0v) is 12.1. The van der Waals surface area contributed by atoms with E-state index in [0.717, 1.165) is 13.0 Å². The molecule has 110 valence electrons. The van der Waals surface area contributed by atoms with E-state index in [1.165, 1.54) is 25.8 Å². The molecule has 1 aromatic rings. The second kappa shape index (κ2) is 7.24. The van der Waals surface area contributed by atoms with Gasteiger partial charge in [0.05, 0.1) is 0 Å². The van der Waals surface area contributed by atoms with Gasteiger partial charge >= 0.3 is 0 Å². The Labute approximate surface area is 120 Å². The molecule has 1 aliphatic heterocycles. The Morgan fingerprint density at radius 1 is 1.50 bits per heavy atom. The zero-order chi connectivity index (χ0) is 14.4. The van der Waals surface area contributed by atoms with Crippen LogP contribution in [-0.4, -0.2) is 41.5 Å². The Morgan fingerprint density at radius 3 is 3.10 bits per heavy atom. The number of anilines is 1. The summed E-state index contributed by atoms with van der Waals surface area (Å²) in [4.78, 5) is 18.4. The van der Waals surface area contributed by atoms with E-state index in [4.69, 9.17) is 5.73 Å². The fourth-order valence-electron chi connectivity index (χ4n) is 2.64. The van der Waals surface area contributed by atoms with Crippen LogP contribution in [-0.2, 0) is 0 Å². The van der Waals surface area contributed by atoms with Crippen molar-refractivity contribution >= 4 is 11.7 Å². The lowest BCUT2D eigenvalue weighted by atomic mass is 10.0. The zero-order valence-electron chi connectivity index (χ0n) is 12.1. The Kier molecular flexibility index (Phi) is 5.35. The summed E-state index contributed by atoms with van der Waals surface area (Å²) in [7, 11) is 0. The van der Waals surface area contributed by atoms with Crippen LogP contribution in [0, 0.1) is 0 Å². The van der Waals surface area contributed by atoms with Crippen molar-refractivity contribution in [2.45, 2.75) is 38.6 Å². The van der Waals surface area contributed by atoms with Crippen LogP contribution in [0.5, 0.6) is 0 Å². The highest BCUT2D eigenvalue weighted by Gasteiger charge is 2.17. The topological polar surface area (TPSA) is 71.2 Å². The molecular formula is C15H24N4O. The van der Waals surface area contributed by atoms with E-state index in [1.54, 1.807) is 18.2 Å². The molecule has 0 aromatic carbocycles. The molecule has 1 aromatic heterocycles. The van der Waals surface area contributed by atoms with Crippen LogP contribution >= 0.6 is 0 Å². The normalized spacial score (nSPS) is 19.8. The second-order valence-electron chi connectivity index (χ2n) is 5.44. The Balaban J connectivity index is 1.69. The molecule has 2 heterocycles. The van der Waals surface area contributed by atoms with Crippen molar-refractivity contribution < 1.29 is 4.79 Å². The fraction of sp³-hybridized carbons (Fsp3) is 0.600. The summed E-state index contributed by atoms with van der Waals surface area (Å²) in [5.74, 6) is 0.226. The average molecular weight is 276 g/mol. The van der Waals surface area contributed by atoms with Crippen LogP contribution in [0.25, 0.3) is 0 Å². The molecule has 1 atom stereocenters. The number of rotatable bonds is 5. The summed E-state index contributed by atoms with van der Waals surface area (Å²) in [6.45, 7) is 5.20. The van der Waals surface area contributed by atoms with Gasteiger partial charge in [-0.15, -0.1) is 0 Å². The third-order valence-electron chi connectivity index (χ3n) is 3.85. The number of carbonyl (C=O) groups excluding carboxylic acids is 1. The number of aromatic nitrogens is 1. The van der Waals surface area contributed by atoms with Crippen molar-refractivity contribution in [2.24, 2.45) is 0 Å². The molecule has 1 saturated heterocycles. The van der Waals surface area contributed by atoms with Gasteiger partial charge in [0, 0.05) is 19.1 Å². The maximum absolute atomic E-state index is 11.9. The van der Waals surface area contributed by atoms with Gasteiger partial charge in [0.15, 0.2) is 0 Å². The summed E-state index contributed by atoms with van der Waals surface area (Å²) in [6, 6.07) is 5.77. The van der Waals surface area contributed by atoms with Crippen LogP contribution < -0.4 is 11.1 Å². The Morgan fingerprint density at radius 2 is 2.35 bits per heavy atom. The molecule has 1 unspecified atom stereocenters. The first-order valence-electron chi connectivity index (χ1n) is 7.41. The number of likely N-dealkylation sites (tertiary alicyclic amines) is 1. The van der Waals surface area contributed by atoms with Gasteiger partial charge in [0.1, 0.15) is 11.5 Å². The van der Waals surface area contributed by atoms with E-state index < -0.39 is 0 Å². The molecule has 3 N–H and O–H groups in total. The number of piperidine rings is 1. The number of nitrogens with zero attached hydrogens (tertiary/aromatic N) is 2. The Hall–Kier alpha value is -1.62. The van der Waals surface area contributed by atoms with Crippen LogP contribution in [0.2, 0.25) is 0 Å². The van der Waals surface area contributed by atoms with Gasteiger partial charge in [0.25, 0.3) is 5.91 Å². The van der Waals surface area contributed by atoms with Crippen molar-refractivity contribution in [3.8, 4) is 0 Å². The highest BCUT2D eigenvalue weighted by atomic mass is 16.1. The minimum Gasteiger partial charge on any atom is -0.384 e. The van der Waals surface area contributed by atoms with E-state index >= 15 is 0 Å². The van der Waals surface area contributed by atoms with Crippen molar-refractivity contribution in [1.29, 1.82) is 0 Å². The molecular weight excluding hydrogens is 252 g/mol. The molecule has 0 aliphatic carbocycles. The molecule has 20 heavy (non-hydrogen) atoms. The third-order valence-corrected chi connectivity index (χ3v) is 3.85. The maximum Gasteiger partial charge on any atom is 0.269 e. The lowest BCUT2D eigenvalue weighted by Gasteiger charge is -2.33. The molecule has 0 saturated carbocycles. The number of nitrogens with two attached hydrogens (primary N) is 1. The van der Waals surface area contributed by atoms with E-state index in [0.29, 0.717) is 24.1 Å². The van der Waals surface area contributed by atoms with Crippen molar-refractivity contribution in [3.05, 3.63) is 23.9 Å². The number of hydrogen-bond donors (Lipinski definition) is 2. The predicted molar refractivity (Wildman–Crippen MR) is 80.5 cm³/mol. The number of nitrogen functional groups attached to an aromatic ring is 1. The number of amides is 1. The van der Waals surface area contributed by atoms with Gasteiger partial charge in [-0.3, -0.25) is 4.79 Å². The van der Waals surface area contributed by atoms with E-state index in [-0.39, 0.29) is 5.91 Å². The molecule has 5 heteroatoms. The largest absolute Gasteiger partial charge is 0.384 e. The number of carbonyl (C=O) groups is 1. The summed E-state index contributed by atoms with van der Waals surface area (Å²) < 4.78 is 0. The summed E-state index contributed by atoms with van der Waals surface area (Å²) in [6.07, 6.45) is 4.90. The molecule has 1 amide bonds. The standard InChI is InChI=1S/C15H24N4O/c1-12-6-2-3-10-19(12)11-5-9-17-15(20)13-7-4-8-14(16)18-13/h4,7-8,12H,2-3,5-6,9-11H2,1H3,(H2,16,18)(H,17,20). The van der Waals surface area contributed by atoms with Crippen LogP contribution in [0.15, 0.2) is 18.2 Å². The number of pyridine rings is 1. The fourth-order valence-corrected chi connectivity index (χ4v) is 2.64. The van der Waals surface area contributed by atoms with E-state index in [1.807, 2.05) is 0 Å². The van der Waals surface area contributed by atoms with Gasteiger partial charge in [-0.25, -0.2) is 4.98 Å². The molecule has 1 fully saturated rings. The van der Waals surface area contributed by atoms with Gasteiger partial charge in [0.2, 0.25) is 0 Å². The summed E-state index contributed by atoms with van der Waals surface area (Å²) >= 11 is 0. The average Bonchev–Trinajstić information content (AvgIpc) is 2.45. The van der Waals surface area contributed by atoms with Crippen LogP contribution in [0.3, 0.4) is 0 Å². The number of hydrogen-bond acceptors (Lipinski definition) is 4. The van der Waals surface area contributed by atoms with Gasteiger partial charge in [-0.1, -0.05) is 12.5 Å². The molecule has 5 nitrogen and oxygen atoms in total. The maximum atomic E-state index is 11.9. The van der Waals surface area contributed by atoms with Crippen molar-refractivity contribution in [3.63, 3.8) is 0 Å². The highest BCUT2D eigenvalue weighted by Crippen LogP contribution is 2.16. The van der Waals surface area contributed by atoms with Gasteiger partial charge in [-0.05, 0) is 44.9 Å². The van der Waals surface area contributed by atoms with Gasteiger partial charge in [-0.2, -0.15) is 0 Å². The van der Waals surface area contributed by atoms with Gasteiger partial charge < -0.3 is 16.0 Å². The van der Waals surface area contributed by atoms with E-state index in [2.05, 4.69) is 22.1 Å². The quantitative estimate of drug-likeness (QED) is 0.802. The van der Waals surface area contributed by atoms with E-state index in [9.17, 15) is 4.79 Å². The van der Waals surface area contributed by atoms with Crippen molar-refractivity contribution in [2.75, 3.05) is 25.4 Å². The summed E-state index contributed by atoms with van der Waals surface area (Å²) in [5, 5.41) is 2.90. The predicted octanol–water partition coefficient (Wildman–Crippen LogP) is 1.66. The first kappa shape index (κ1) is 14.8. The number of nitrogens with one attached hydrogen (secondary N) is 1. The smallest absolute Gasteiger partial charge is 0.269 e. The molecule has 0 spiro atoms. The Bertz CT molecular complexity index is 449. The molecule has 0 radical (unpaired) electrons. The SMILES string of the molecule is CC1CCCCN1CCCNC(=O)c1cccc(N)n1. The van der Waals surface area contributed by atoms with Crippen molar-refractivity contribution in [1.82, 2.24) is 15.2 Å². The third kappa shape index (κ3) is 4.20. The summed E-state index contributed by atoms with van der Waals surface area (Å²) in [5.41, 5.74) is 5.95. The molecule has 2 rings (SSSR count). The molecule has 0 bridgehead atoms. The lowest BCUT2D eigenvalue weighted by molar-refractivity contribution is 0.0944. The second-order valence-corrected chi connectivity index (χ2v) is 5.44. The minimum absolute atomic E-state index is 0.149. The first-order chi connectivity index (χ1) is 9.66. The first-order valence-corrected chi connectivity index (χ1v) is 7.41. The van der Waals surface area contributed by atoms with Crippen LogP contribution in [0.4, 0.5) is 5.82 Å². The lowest BCUT2D eigenvalue weighted by Crippen LogP contribution is -2.39. The molecule has 1 aliphatic rings. The van der Waals surface area contributed by atoms with Crippen LogP contribution in [0.1, 0.15) is 43.1 Å². The minimum atomic E-state index is -0.149. The monoisotopic (exact) mass is 276 g/mol.